The Morgan fingerprint density at radius 1 is 1.06 bits per heavy atom. The number of ether oxygens (including phenoxy) is 2. The number of fused-ring (bicyclic) bond motifs is 4. The zero-order valence-corrected chi connectivity index (χ0v) is 23.0. The molecule has 0 aromatic rings. The van der Waals surface area contributed by atoms with Gasteiger partial charge in [-0.15, -0.1) is 0 Å². The third-order valence-electron chi connectivity index (χ3n) is 12.0. The van der Waals surface area contributed by atoms with Crippen molar-refractivity contribution in [1.82, 2.24) is 0 Å². The summed E-state index contributed by atoms with van der Waals surface area (Å²) in [4.78, 5) is 12.7. The number of aliphatic hydroxyl groups excluding tert-OH is 2. The van der Waals surface area contributed by atoms with E-state index < -0.39 is 6.10 Å². The lowest BCUT2D eigenvalue weighted by molar-refractivity contribution is -0.229. The van der Waals surface area contributed by atoms with Gasteiger partial charge in [-0.3, -0.25) is 4.79 Å². The second-order valence-corrected chi connectivity index (χ2v) is 14.5. The molecule has 0 aromatic carbocycles. The third-order valence-corrected chi connectivity index (χ3v) is 12.0. The number of epoxide rings is 1. The van der Waals surface area contributed by atoms with Crippen molar-refractivity contribution in [3.8, 4) is 0 Å². The summed E-state index contributed by atoms with van der Waals surface area (Å²) in [7, 11) is 0. The van der Waals surface area contributed by atoms with Gasteiger partial charge in [-0.05, 0) is 93.3 Å². The average Bonchev–Trinajstić information content (AvgIpc) is 3.21. The van der Waals surface area contributed by atoms with Crippen LogP contribution in [0.3, 0.4) is 0 Å². The molecule has 1 spiro atoms. The Kier molecular flexibility index (Phi) is 5.91. The first kappa shape index (κ1) is 25.7. The molecule has 5 rings (SSSR count). The molecule has 0 unspecified atom stereocenters. The highest BCUT2D eigenvalue weighted by molar-refractivity contribution is 5.73. The van der Waals surface area contributed by atoms with E-state index in [1.54, 1.807) is 0 Å². The minimum atomic E-state index is -0.510. The average molecular weight is 489 g/mol. The van der Waals surface area contributed by atoms with Gasteiger partial charge in [0.2, 0.25) is 0 Å². The van der Waals surface area contributed by atoms with Crippen molar-refractivity contribution < 1.29 is 24.5 Å². The van der Waals surface area contributed by atoms with Crippen LogP contribution >= 0.6 is 0 Å². The summed E-state index contributed by atoms with van der Waals surface area (Å²) < 4.78 is 12.2. The van der Waals surface area contributed by atoms with Gasteiger partial charge in [-0.25, -0.2) is 0 Å². The van der Waals surface area contributed by atoms with Crippen molar-refractivity contribution in [2.75, 3.05) is 6.61 Å². The maximum Gasteiger partial charge on any atom is 0.306 e. The van der Waals surface area contributed by atoms with Crippen molar-refractivity contribution in [1.29, 1.82) is 0 Å². The Hall–Kier alpha value is -0.910. The molecule has 2 heterocycles. The predicted octanol–water partition coefficient (Wildman–Crippen LogP) is 5.42. The summed E-state index contributed by atoms with van der Waals surface area (Å²) >= 11 is 0. The maximum atomic E-state index is 12.7. The minimum Gasteiger partial charge on any atom is -0.465 e. The van der Waals surface area contributed by atoms with E-state index in [-0.39, 0.29) is 51.4 Å². The Morgan fingerprint density at radius 3 is 2.40 bits per heavy atom. The normalized spacial score (nSPS) is 51.2. The molecule has 3 aliphatic carbocycles. The molecule has 0 aromatic heterocycles. The van der Waals surface area contributed by atoms with Gasteiger partial charge < -0.3 is 19.7 Å². The first-order valence-corrected chi connectivity index (χ1v) is 14.0. The summed E-state index contributed by atoms with van der Waals surface area (Å²) in [6.45, 7) is 16.2. The summed E-state index contributed by atoms with van der Waals surface area (Å²) in [6, 6.07) is 0. The largest absolute Gasteiger partial charge is 0.465 e. The second-order valence-electron chi connectivity index (χ2n) is 14.5. The molecule has 3 saturated carbocycles. The number of cyclic esters (lactones) is 1. The number of carbonyl (C=O) groups excluding carboxylic acids is 1. The van der Waals surface area contributed by atoms with Crippen LogP contribution in [0.1, 0.15) is 99.8 Å². The number of hydrogen-bond donors (Lipinski definition) is 2. The number of hydrogen-bond acceptors (Lipinski definition) is 5. The van der Waals surface area contributed by atoms with Gasteiger partial charge in [0.1, 0.15) is 0 Å². The van der Waals surface area contributed by atoms with Crippen LogP contribution in [0.25, 0.3) is 0 Å². The fourth-order valence-electron chi connectivity index (χ4n) is 10.2. The van der Waals surface area contributed by atoms with Gasteiger partial charge in [0.05, 0.1) is 36.9 Å². The first-order chi connectivity index (χ1) is 16.2. The quantitative estimate of drug-likeness (QED) is 0.314. The molecule has 5 aliphatic rings. The molecule has 2 N–H and O–H groups in total. The van der Waals surface area contributed by atoms with Gasteiger partial charge >= 0.3 is 5.97 Å². The highest BCUT2D eigenvalue weighted by Crippen LogP contribution is 2.75. The molecular formula is C30H48O5. The number of esters is 1. The third kappa shape index (κ3) is 3.61. The van der Waals surface area contributed by atoms with Crippen molar-refractivity contribution in [3.05, 3.63) is 11.6 Å². The monoisotopic (exact) mass is 488 g/mol. The van der Waals surface area contributed by atoms with E-state index in [4.69, 9.17) is 9.47 Å². The van der Waals surface area contributed by atoms with Gasteiger partial charge in [-0.1, -0.05) is 39.3 Å². The fourth-order valence-corrected chi connectivity index (χ4v) is 10.2. The topological polar surface area (TPSA) is 79.3 Å². The van der Waals surface area contributed by atoms with Gasteiger partial charge in [-0.2, -0.15) is 0 Å². The lowest BCUT2D eigenvalue weighted by Crippen LogP contribution is -2.65. The Balaban J connectivity index is 1.47. The van der Waals surface area contributed by atoms with E-state index in [1.807, 2.05) is 19.9 Å². The molecule has 0 amide bonds. The van der Waals surface area contributed by atoms with Crippen LogP contribution in [-0.4, -0.2) is 46.7 Å². The van der Waals surface area contributed by atoms with Crippen molar-refractivity contribution >= 4 is 5.97 Å². The molecule has 0 bridgehead atoms. The van der Waals surface area contributed by atoms with Crippen LogP contribution < -0.4 is 0 Å². The van der Waals surface area contributed by atoms with E-state index in [2.05, 4.69) is 34.6 Å². The van der Waals surface area contributed by atoms with Crippen LogP contribution in [0.4, 0.5) is 0 Å². The number of aliphatic hydroxyl groups is 2. The van der Waals surface area contributed by atoms with E-state index in [0.717, 1.165) is 44.1 Å². The van der Waals surface area contributed by atoms with Crippen LogP contribution in [0.15, 0.2) is 11.6 Å². The Morgan fingerprint density at radius 2 is 1.77 bits per heavy atom. The lowest BCUT2D eigenvalue weighted by atomic mass is 9.34. The Bertz CT molecular complexity index is 906. The molecule has 5 fully saturated rings. The molecule has 2 saturated heterocycles. The highest BCUT2D eigenvalue weighted by Gasteiger charge is 2.73. The van der Waals surface area contributed by atoms with E-state index >= 15 is 0 Å². The summed E-state index contributed by atoms with van der Waals surface area (Å²) in [5, 5.41) is 21.5. The first-order valence-electron chi connectivity index (χ1n) is 14.0. The molecule has 198 valence electrons. The lowest BCUT2D eigenvalue weighted by Gasteiger charge is -2.69. The number of rotatable bonds is 4. The standard InChI is InChI=1S/C30H48O5/c1-18(2)14-19(31)15-29(7)25(35-29)20-8-9-22-27(5)12-11-23(32)26(3,4)21(27)10-13-28(22,6)30(20)16-24(33)34-17-30/h14,19-23,25,31-32H,8-13,15-17H2,1-7H3/t19-,20+,21-,22+,23-,25-,27-,28+,29-,30-/m0/s1. The second kappa shape index (κ2) is 8.04. The van der Waals surface area contributed by atoms with Crippen molar-refractivity contribution in [2.24, 2.45) is 39.4 Å². The summed E-state index contributed by atoms with van der Waals surface area (Å²) in [5.41, 5.74) is 0.618. The van der Waals surface area contributed by atoms with Crippen LogP contribution in [0, 0.1) is 39.4 Å². The molecule has 35 heavy (non-hydrogen) atoms. The fraction of sp³-hybridized carbons (Fsp3) is 0.900. The Labute approximate surface area is 212 Å². The molecule has 5 nitrogen and oxygen atoms in total. The van der Waals surface area contributed by atoms with Gasteiger partial charge in [0.25, 0.3) is 0 Å². The summed E-state index contributed by atoms with van der Waals surface area (Å²) in [5.74, 6) is 1.20. The molecule has 0 radical (unpaired) electrons. The number of carbonyl (C=O) groups is 1. The SMILES string of the molecule is CC(C)=C[C@H](O)C[C@]1(C)O[C@H]1[C@H]1CC[C@@H]2[C@@]3(C)CC[C@H](O)C(C)(C)[C@@H]3CC[C@@]2(C)[C@@]12COC(=O)C2. The van der Waals surface area contributed by atoms with E-state index in [9.17, 15) is 15.0 Å². The van der Waals surface area contributed by atoms with Crippen molar-refractivity contribution in [2.45, 2.75) is 124 Å². The van der Waals surface area contributed by atoms with Gasteiger partial charge in [0, 0.05) is 11.8 Å². The summed E-state index contributed by atoms with van der Waals surface area (Å²) in [6.07, 6.45) is 8.60. The van der Waals surface area contributed by atoms with E-state index in [1.165, 1.54) is 0 Å². The van der Waals surface area contributed by atoms with Crippen LogP contribution in [0.2, 0.25) is 0 Å². The molecular weight excluding hydrogens is 440 g/mol. The maximum absolute atomic E-state index is 12.7. The molecule has 10 atom stereocenters. The zero-order valence-electron chi connectivity index (χ0n) is 23.0. The van der Waals surface area contributed by atoms with Crippen LogP contribution in [-0.2, 0) is 14.3 Å². The molecule has 5 heteroatoms. The minimum absolute atomic E-state index is 0.00289. The van der Waals surface area contributed by atoms with E-state index in [0.29, 0.717) is 31.3 Å². The number of allylic oxidation sites excluding steroid dienone is 1. The zero-order chi connectivity index (χ0) is 25.6. The van der Waals surface area contributed by atoms with Crippen molar-refractivity contribution in [3.63, 3.8) is 0 Å². The van der Waals surface area contributed by atoms with Crippen LogP contribution in [0.5, 0.6) is 0 Å². The predicted molar refractivity (Wildman–Crippen MR) is 136 cm³/mol. The highest BCUT2D eigenvalue weighted by atomic mass is 16.6. The molecule has 2 aliphatic heterocycles. The van der Waals surface area contributed by atoms with Gasteiger partial charge in [0.15, 0.2) is 0 Å². The smallest absolute Gasteiger partial charge is 0.306 e.